The summed E-state index contributed by atoms with van der Waals surface area (Å²) in [6.45, 7) is 1.39. The molecular weight excluding hydrogens is 450 g/mol. The summed E-state index contributed by atoms with van der Waals surface area (Å²) in [5.41, 5.74) is 1.21. The van der Waals surface area contributed by atoms with E-state index in [0.29, 0.717) is 30.2 Å². The van der Waals surface area contributed by atoms with E-state index in [0.717, 1.165) is 22.7 Å². The summed E-state index contributed by atoms with van der Waals surface area (Å²) in [6.07, 6.45) is 6.58. The minimum Gasteiger partial charge on any atom is -0.346 e. The molecule has 3 aromatic heterocycles. The van der Waals surface area contributed by atoms with Crippen molar-refractivity contribution >= 4 is 44.7 Å². The van der Waals surface area contributed by atoms with Crippen LogP contribution in [0, 0.1) is 5.41 Å². The van der Waals surface area contributed by atoms with Crippen LogP contribution in [0.2, 0.25) is 0 Å². The fraction of sp³-hybridized carbons (Fsp3) is 0.350. The highest BCUT2D eigenvalue weighted by molar-refractivity contribution is 9.10. The molecule has 5 rings (SSSR count). The third kappa shape index (κ3) is 3.20. The van der Waals surface area contributed by atoms with E-state index in [9.17, 15) is 9.59 Å². The van der Waals surface area contributed by atoms with E-state index in [1.54, 1.807) is 36.5 Å². The Kier molecular flexibility index (Phi) is 4.46. The number of urea groups is 1. The summed E-state index contributed by atoms with van der Waals surface area (Å²) in [5.74, 6) is 0.444. The van der Waals surface area contributed by atoms with Crippen molar-refractivity contribution in [3.63, 3.8) is 0 Å². The molecule has 1 saturated carbocycles. The first-order valence-corrected chi connectivity index (χ1v) is 10.5. The van der Waals surface area contributed by atoms with Crippen LogP contribution in [0.3, 0.4) is 0 Å². The van der Waals surface area contributed by atoms with Crippen molar-refractivity contribution in [2.24, 2.45) is 5.41 Å². The zero-order valence-corrected chi connectivity index (χ0v) is 17.9. The molecule has 2 N–H and O–H groups in total. The molecule has 1 spiro atoms. The van der Waals surface area contributed by atoms with Gasteiger partial charge in [0.2, 0.25) is 0 Å². The van der Waals surface area contributed by atoms with E-state index in [-0.39, 0.29) is 23.4 Å². The number of pyridine rings is 1. The number of H-pyrrole nitrogens is 1. The van der Waals surface area contributed by atoms with Crippen LogP contribution in [0.25, 0.3) is 11.0 Å². The monoisotopic (exact) mass is 469 g/mol. The first kappa shape index (κ1) is 19.0. The van der Waals surface area contributed by atoms with Gasteiger partial charge in [0.1, 0.15) is 23.5 Å². The highest BCUT2D eigenvalue weighted by Crippen LogP contribution is 2.50. The molecule has 0 unspecified atom stereocenters. The molecule has 0 atom stereocenters. The van der Waals surface area contributed by atoms with Crippen LogP contribution in [-0.2, 0) is 0 Å². The average Bonchev–Trinajstić information content (AvgIpc) is 3.14. The number of nitrogens with zero attached hydrogens (tertiary/aromatic N) is 5. The van der Waals surface area contributed by atoms with Crippen molar-refractivity contribution in [3.05, 3.63) is 47.1 Å². The molecule has 3 aromatic rings. The number of amides is 3. The highest BCUT2D eigenvalue weighted by Gasteiger charge is 2.55. The number of aromatic amines is 1. The summed E-state index contributed by atoms with van der Waals surface area (Å²) >= 11 is 3.37. The number of hydrogen-bond acceptors (Lipinski definition) is 5. The van der Waals surface area contributed by atoms with Gasteiger partial charge in [-0.3, -0.25) is 10.1 Å². The molecule has 1 saturated heterocycles. The molecule has 10 heteroatoms. The van der Waals surface area contributed by atoms with E-state index < -0.39 is 0 Å². The number of anilines is 1. The Bertz CT molecular complexity index is 1130. The molecule has 1 aliphatic carbocycles. The van der Waals surface area contributed by atoms with Gasteiger partial charge in [-0.2, -0.15) is 0 Å². The third-order valence-electron chi connectivity index (χ3n) is 6.06. The molecule has 30 heavy (non-hydrogen) atoms. The first-order valence-electron chi connectivity index (χ1n) is 9.67. The molecule has 1 aliphatic heterocycles. The van der Waals surface area contributed by atoms with Crippen molar-refractivity contribution in [2.75, 3.05) is 25.5 Å². The van der Waals surface area contributed by atoms with Crippen LogP contribution in [0.5, 0.6) is 0 Å². The van der Waals surface area contributed by atoms with E-state index >= 15 is 0 Å². The Morgan fingerprint density at radius 3 is 2.83 bits per heavy atom. The third-order valence-corrected chi connectivity index (χ3v) is 6.55. The van der Waals surface area contributed by atoms with Gasteiger partial charge in [-0.25, -0.2) is 19.7 Å². The normalized spacial score (nSPS) is 17.5. The van der Waals surface area contributed by atoms with Gasteiger partial charge in [-0.15, -0.1) is 0 Å². The van der Waals surface area contributed by atoms with Gasteiger partial charge >= 0.3 is 6.03 Å². The van der Waals surface area contributed by atoms with Crippen molar-refractivity contribution in [1.82, 2.24) is 29.7 Å². The van der Waals surface area contributed by atoms with Gasteiger partial charge in [0.05, 0.1) is 5.39 Å². The second-order valence-electron chi connectivity index (χ2n) is 8.09. The maximum Gasteiger partial charge on any atom is 0.322 e. The van der Waals surface area contributed by atoms with Crippen molar-refractivity contribution in [3.8, 4) is 0 Å². The lowest BCUT2D eigenvalue weighted by atomic mass is 9.60. The smallest absolute Gasteiger partial charge is 0.322 e. The Balaban J connectivity index is 1.16. The number of likely N-dealkylation sites (tertiary alicyclic amines) is 1. The quantitative estimate of drug-likeness (QED) is 0.612. The number of halogens is 1. The second kappa shape index (κ2) is 7.05. The van der Waals surface area contributed by atoms with Crippen molar-refractivity contribution in [1.29, 1.82) is 0 Å². The zero-order chi connectivity index (χ0) is 20.9. The molecule has 4 heterocycles. The predicted molar refractivity (Wildman–Crippen MR) is 114 cm³/mol. The fourth-order valence-electron chi connectivity index (χ4n) is 4.41. The number of carbonyl (C=O) groups is 2. The van der Waals surface area contributed by atoms with Gasteiger partial charge in [-0.05, 0) is 31.0 Å². The number of carbonyl (C=O) groups excluding carboxylic acids is 2. The van der Waals surface area contributed by atoms with Gasteiger partial charge in [-0.1, -0.05) is 15.9 Å². The largest absolute Gasteiger partial charge is 0.346 e. The average molecular weight is 470 g/mol. The molecule has 9 nitrogen and oxygen atoms in total. The lowest BCUT2D eigenvalue weighted by Crippen LogP contribution is -2.67. The Morgan fingerprint density at radius 2 is 2.07 bits per heavy atom. The standard InChI is InChI=1S/C20H20BrN7O2/c1-27(19(30)26-15-6-12(21)2-4-22-15)13-7-20(8-13)9-28(10-20)18(29)16-14-3-5-23-17(14)25-11-24-16/h2-6,11,13H,7-10H2,1H3,(H,22,26,30)(H,23,24,25). The van der Waals surface area contributed by atoms with Gasteiger partial charge in [0.25, 0.3) is 5.91 Å². The summed E-state index contributed by atoms with van der Waals surface area (Å²) in [7, 11) is 1.80. The Labute approximate surface area is 181 Å². The van der Waals surface area contributed by atoms with E-state index in [2.05, 4.69) is 41.2 Å². The van der Waals surface area contributed by atoms with Gasteiger partial charge in [0.15, 0.2) is 0 Å². The Hall–Kier alpha value is -3.01. The van der Waals surface area contributed by atoms with Crippen LogP contribution < -0.4 is 5.32 Å². The number of rotatable bonds is 3. The van der Waals surface area contributed by atoms with Crippen molar-refractivity contribution in [2.45, 2.75) is 18.9 Å². The SMILES string of the molecule is CN(C(=O)Nc1cc(Br)ccn1)C1CC2(C1)CN(C(=O)c1ncnc3[nH]ccc13)C2. The van der Waals surface area contributed by atoms with Crippen LogP contribution in [-0.4, -0.2) is 67.9 Å². The number of fused-ring (bicyclic) bond motifs is 1. The van der Waals surface area contributed by atoms with Crippen molar-refractivity contribution < 1.29 is 9.59 Å². The topological polar surface area (TPSA) is 107 Å². The maximum absolute atomic E-state index is 12.9. The minimum absolute atomic E-state index is 0.0668. The van der Waals surface area contributed by atoms with E-state index in [4.69, 9.17) is 0 Å². The maximum atomic E-state index is 12.9. The highest BCUT2D eigenvalue weighted by atomic mass is 79.9. The van der Waals surface area contributed by atoms with Crippen LogP contribution in [0.4, 0.5) is 10.6 Å². The van der Waals surface area contributed by atoms with Gasteiger partial charge < -0.3 is 14.8 Å². The molecule has 154 valence electrons. The van der Waals surface area contributed by atoms with E-state index in [1.807, 2.05) is 11.0 Å². The van der Waals surface area contributed by atoms with Crippen LogP contribution >= 0.6 is 15.9 Å². The Morgan fingerprint density at radius 1 is 1.27 bits per heavy atom. The fourth-order valence-corrected chi connectivity index (χ4v) is 4.74. The lowest BCUT2D eigenvalue weighted by Gasteiger charge is -2.60. The number of hydrogen-bond donors (Lipinski definition) is 2. The molecule has 0 bridgehead atoms. The van der Waals surface area contributed by atoms with Crippen LogP contribution in [0.1, 0.15) is 23.3 Å². The first-order chi connectivity index (χ1) is 14.4. The summed E-state index contributed by atoms with van der Waals surface area (Å²) < 4.78 is 0.859. The lowest BCUT2D eigenvalue weighted by molar-refractivity contribution is -0.0789. The van der Waals surface area contributed by atoms with Gasteiger partial charge in [0, 0.05) is 48.5 Å². The summed E-state index contributed by atoms with van der Waals surface area (Å²) in [6, 6.07) is 5.37. The second-order valence-corrected chi connectivity index (χ2v) is 9.00. The minimum atomic E-state index is -0.177. The molecule has 0 aromatic carbocycles. The molecule has 2 fully saturated rings. The van der Waals surface area contributed by atoms with E-state index in [1.165, 1.54) is 6.33 Å². The number of aromatic nitrogens is 4. The molecule has 3 amide bonds. The molecule has 2 aliphatic rings. The molecule has 0 radical (unpaired) electrons. The molecular formula is C20H20BrN7O2. The zero-order valence-electron chi connectivity index (χ0n) is 16.3. The predicted octanol–water partition coefficient (Wildman–Crippen LogP) is 2.88. The van der Waals surface area contributed by atoms with Crippen LogP contribution in [0.15, 0.2) is 41.4 Å². The summed E-state index contributed by atoms with van der Waals surface area (Å²) in [4.78, 5) is 44.4. The summed E-state index contributed by atoms with van der Waals surface area (Å²) in [5, 5.41) is 3.57. The number of nitrogens with one attached hydrogen (secondary N) is 2.